The summed E-state index contributed by atoms with van der Waals surface area (Å²) in [6.45, 7) is 2.46. The predicted molar refractivity (Wildman–Crippen MR) is 58.0 cm³/mol. The van der Waals surface area contributed by atoms with Crippen LogP contribution in [0.15, 0.2) is 0 Å². The first-order valence-electron chi connectivity index (χ1n) is 5.13. The van der Waals surface area contributed by atoms with Crippen molar-refractivity contribution < 1.29 is 8.42 Å². The van der Waals surface area contributed by atoms with Crippen LogP contribution in [-0.4, -0.2) is 51.0 Å². The van der Waals surface area contributed by atoms with Gasteiger partial charge in [-0.15, -0.1) is 0 Å². The van der Waals surface area contributed by atoms with Crippen LogP contribution < -0.4 is 5.73 Å². The molecule has 1 atom stereocenters. The van der Waals surface area contributed by atoms with E-state index in [9.17, 15) is 8.42 Å². The molecule has 1 aliphatic rings. The third-order valence-corrected chi connectivity index (χ3v) is 3.49. The van der Waals surface area contributed by atoms with Crippen LogP contribution in [0.2, 0.25) is 0 Å². The molecule has 84 valence electrons. The smallest absolute Gasteiger partial charge is 0.148 e. The Balaban J connectivity index is 2.35. The van der Waals surface area contributed by atoms with Crippen LogP contribution in [0, 0.1) is 0 Å². The quantitative estimate of drug-likeness (QED) is 0.718. The van der Waals surface area contributed by atoms with Crippen LogP contribution in [0.1, 0.15) is 19.3 Å². The fourth-order valence-electron chi connectivity index (χ4n) is 1.75. The van der Waals surface area contributed by atoms with Gasteiger partial charge in [-0.25, -0.2) is 8.42 Å². The molecule has 1 fully saturated rings. The van der Waals surface area contributed by atoms with Gasteiger partial charge in [0.25, 0.3) is 0 Å². The molecule has 0 radical (unpaired) electrons. The molecule has 0 bridgehead atoms. The summed E-state index contributed by atoms with van der Waals surface area (Å²) in [5.41, 5.74) is 5.87. The van der Waals surface area contributed by atoms with Gasteiger partial charge in [0.2, 0.25) is 0 Å². The third-order valence-electron chi connectivity index (χ3n) is 2.57. The van der Waals surface area contributed by atoms with Gasteiger partial charge in [-0.2, -0.15) is 0 Å². The van der Waals surface area contributed by atoms with Crippen LogP contribution >= 0.6 is 0 Å². The van der Waals surface area contributed by atoms with Crippen LogP contribution in [-0.2, 0) is 9.84 Å². The minimum absolute atomic E-state index is 0.220. The molecule has 0 aromatic carbocycles. The molecule has 1 unspecified atom stereocenters. The zero-order chi connectivity index (χ0) is 10.6. The van der Waals surface area contributed by atoms with Crippen molar-refractivity contribution in [3.8, 4) is 0 Å². The van der Waals surface area contributed by atoms with Gasteiger partial charge in [-0.1, -0.05) is 6.42 Å². The average molecular weight is 220 g/mol. The van der Waals surface area contributed by atoms with Gasteiger partial charge in [-0.3, -0.25) is 0 Å². The Labute approximate surface area is 86.4 Å². The van der Waals surface area contributed by atoms with Crippen molar-refractivity contribution in [3.63, 3.8) is 0 Å². The number of hydrogen-bond acceptors (Lipinski definition) is 4. The number of likely N-dealkylation sites (tertiary alicyclic amines) is 1. The van der Waals surface area contributed by atoms with Crippen molar-refractivity contribution in [3.05, 3.63) is 0 Å². The van der Waals surface area contributed by atoms with E-state index in [-0.39, 0.29) is 11.8 Å². The normalized spacial score (nSPS) is 26.0. The van der Waals surface area contributed by atoms with Crippen molar-refractivity contribution in [1.29, 1.82) is 0 Å². The van der Waals surface area contributed by atoms with Gasteiger partial charge in [0.15, 0.2) is 0 Å². The molecule has 4 nitrogen and oxygen atoms in total. The van der Waals surface area contributed by atoms with E-state index in [0.29, 0.717) is 6.54 Å². The van der Waals surface area contributed by atoms with Crippen molar-refractivity contribution in [1.82, 2.24) is 4.90 Å². The lowest BCUT2D eigenvalue weighted by molar-refractivity contribution is 0.288. The number of nitrogens with zero attached hydrogens (tertiary/aromatic N) is 1. The van der Waals surface area contributed by atoms with Crippen LogP contribution in [0.3, 0.4) is 0 Å². The standard InChI is InChI=1S/C9H20N2O2S/c1-14(12,13)7-6-11-5-3-2-4-9(10)8-11/h9H,2-8,10H2,1H3. The van der Waals surface area contributed by atoms with E-state index in [4.69, 9.17) is 5.73 Å². The number of sulfone groups is 1. The van der Waals surface area contributed by atoms with E-state index in [1.807, 2.05) is 0 Å². The maximum atomic E-state index is 11.0. The summed E-state index contributed by atoms with van der Waals surface area (Å²) in [4.78, 5) is 2.17. The lowest BCUT2D eigenvalue weighted by Gasteiger charge is -2.21. The van der Waals surface area contributed by atoms with E-state index in [0.717, 1.165) is 32.4 Å². The SMILES string of the molecule is CS(=O)(=O)CCN1CCCCC(N)C1. The Morgan fingerprint density at radius 3 is 2.79 bits per heavy atom. The Bertz CT molecular complexity index is 264. The minimum atomic E-state index is -2.84. The van der Waals surface area contributed by atoms with Gasteiger partial charge < -0.3 is 10.6 Å². The zero-order valence-electron chi connectivity index (χ0n) is 8.78. The summed E-state index contributed by atoms with van der Waals surface area (Å²) in [5, 5.41) is 0. The first-order valence-corrected chi connectivity index (χ1v) is 7.19. The summed E-state index contributed by atoms with van der Waals surface area (Å²) in [6, 6.07) is 0.220. The van der Waals surface area contributed by atoms with E-state index in [1.165, 1.54) is 6.26 Å². The molecule has 14 heavy (non-hydrogen) atoms. The van der Waals surface area contributed by atoms with Gasteiger partial charge in [0, 0.05) is 25.4 Å². The molecule has 1 aliphatic heterocycles. The molecule has 0 saturated carbocycles. The van der Waals surface area contributed by atoms with E-state index in [1.54, 1.807) is 0 Å². The monoisotopic (exact) mass is 220 g/mol. The molecule has 0 aliphatic carbocycles. The molecule has 2 N–H and O–H groups in total. The second-order valence-corrected chi connectivity index (χ2v) is 6.45. The Kier molecular flexibility index (Phi) is 4.34. The lowest BCUT2D eigenvalue weighted by atomic mass is 10.2. The molecule has 0 aromatic heterocycles. The fraction of sp³-hybridized carbons (Fsp3) is 1.00. The molecular formula is C9H20N2O2S. The highest BCUT2D eigenvalue weighted by Gasteiger charge is 2.15. The summed E-state index contributed by atoms with van der Waals surface area (Å²) in [6.07, 6.45) is 4.65. The predicted octanol–water partition coefficient (Wildman–Crippen LogP) is -0.156. The molecule has 5 heteroatoms. The molecule has 1 heterocycles. The molecule has 1 rings (SSSR count). The van der Waals surface area contributed by atoms with Crippen molar-refractivity contribution >= 4 is 9.84 Å². The van der Waals surface area contributed by atoms with Gasteiger partial charge in [0.05, 0.1) is 5.75 Å². The summed E-state index contributed by atoms with van der Waals surface area (Å²) < 4.78 is 22.0. The second-order valence-electron chi connectivity index (χ2n) is 4.19. The van der Waals surface area contributed by atoms with E-state index < -0.39 is 9.84 Å². The third kappa shape index (κ3) is 4.93. The van der Waals surface area contributed by atoms with Gasteiger partial charge in [-0.05, 0) is 19.4 Å². The van der Waals surface area contributed by atoms with Crippen LogP contribution in [0.25, 0.3) is 0 Å². The Morgan fingerprint density at radius 2 is 2.14 bits per heavy atom. The van der Waals surface area contributed by atoms with Crippen molar-refractivity contribution in [2.24, 2.45) is 5.73 Å². The van der Waals surface area contributed by atoms with E-state index >= 15 is 0 Å². The second kappa shape index (κ2) is 5.09. The maximum absolute atomic E-state index is 11.0. The highest BCUT2D eigenvalue weighted by molar-refractivity contribution is 7.90. The number of rotatable bonds is 3. The highest BCUT2D eigenvalue weighted by atomic mass is 32.2. The molecule has 1 saturated heterocycles. The van der Waals surface area contributed by atoms with Crippen LogP contribution in [0.5, 0.6) is 0 Å². The lowest BCUT2D eigenvalue weighted by Crippen LogP contribution is -2.38. The Morgan fingerprint density at radius 1 is 1.43 bits per heavy atom. The Hall–Kier alpha value is -0.130. The first kappa shape index (κ1) is 11.9. The largest absolute Gasteiger partial charge is 0.327 e. The van der Waals surface area contributed by atoms with Crippen LogP contribution in [0.4, 0.5) is 0 Å². The summed E-state index contributed by atoms with van der Waals surface area (Å²) in [5.74, 6) is 0.250. The fourth-order valence-corrected chi connectivity index (χ4v) is 2.34. The first-order chi connectivity index (χ1) is 6.47. The minimum Gasteiger partial charge on any atom is -0.327 e. The molecule has 0 aromatic rings. The van der Waals surface area contributed by atoms with Gasteiger partial charge >= 0.3 is 0 Å². The molecule has 0 spiro atoms. The van der Waals surface area contributed by atoms with Crippen molar-refractivity contribution in [2.75, 3.05) is 31.6 Å². The molecular weight excluding hydrogens is 200 g/mol. The highest BCUT2D eigenvalue weighted by Crippen LogP contribution is 2.08. The number of hydrogen-bond donors (Lipinski definition) is 1. The van der Waals surface area contributed by atoms with E-state index in [2.05, 4.69) is 4.90 Å². The maximum Gasteiger partial charge on any atom is 0.148 e. The molecule has 0 amide bonds. The zero-order valence-corrected chi connectivity index (χ0v) is 9.59. The van der Waals surface area contributed by atoms with Gasteiger partial charge in [0.1, 0.15) is 9.84 Å². The average Bonchev–Trinajstić information content (AvgIpc) is 2.25. The number of nitrogens with two attached hydrogens (primary N) is 1. The van der Waals surface area contributed by atoms with Crippen molar-refractivity contribution in [2.45, 2.75) is 25.3 Å². The topological polar surface area (TPSA) is 63.4 Å². The summed E-state index contributed by atoms with van der Waals surface area (Å²) in [7, 11) is -2.84. The summed E-state index contributed by atoms with van der Waals surface area (Å²) >= 11 is 0.